The standard InChI is InChI=1S/C17H28N2/c1-3-11-19-17(15-8-6-4-5-7-9-15)16-13-18-12-10-14(16)2/h10,12-13,15,17,19H,3-9,11H2,1-2H3. The molecule has 1 fully saturated rings. The zero-order valence-electron chi connectivity index (χ0n) is 12.5. The molecular weight excluding hydrogens is 232 g/mol. The lowest BCUT2D eigenvalue weighted by atomic mass is 9.86. The average molecular weight is 260 g/mol. The van der Waals surface area contributed by atoms with E-state index in [1.807, 2.05) is 6.20 Å². The minimum atomic E-state index is 0.506. The van der Waals surface area contributed by atoms with Gasteiger partial charge in [0.05, 0.1) is 0 Å². The van der Waals surface area contributed by atoms with Gasteiger partial charge in [0.15, 0.2) is 0 Å². The molecule has 1 unspecified atom stereocenters. The Hall–Kier alpha value is -0.890. The molecule has 2 nitrogen and oxygen atoms in total. The zero-order chi connectivity index (χ0) is 13.5. The van der Waals surface area contributed by atoms with E-state index in [1.54, 1.807) is 0 Å². The monoisotopic (exact) mass is 260 g/mol. The lowest BCUT2D eigenvalue weighted by molar-refractivity contribution is 0.324. The van der Waals surface area contributed by atoms with Gasteiger partial charge in [0, 0.05) is 18.4 Å². The lowest BCUT2D eigenvalue weighted by Gasteiger charge is -2.28. The second kappa shape index (κ2) is 7.64. The Morgan fingerprint density at radius 3 is 2.63 bits per heavy atom. The van der Waals surface area contributed by atoms with Crippen molar-refractivity contribution < 1.29 is 0 Å². The Morgan fingerprint density at radius 1 is 1.26 bits per heavy atom. The van der Waals surface area contributed by atoms with Crippen LogP contribution in [0.5, 0.6) is 0 Å². The average Bonchev–Trinajstić information content (AvgIpc) is 2.70. The molecule has 0 aliphatic heterocycles. The molecule has 0 bridgehead atoms. The molecule has 1 atom stereocenters. The number of hydrogen-bond acceptors (Lipinski definition) is 2. The van der Waals surface area contributed by atoms with E-state index in [1.165, 1.54) is 56.1 Å². The van der Waals surface area contributed by atoms with Gasteiger partial charge < -0.3 is 5.32 Å². The van der Waals surface area contributed by atoms with Gasteiger partial charge >= 0.3 is 0 Å². The van der Waals surface area contributed by atoms with E-state index in [9.17, 15) is 0 Å². The van der Waals surface area contributed by atoms with E-state index < -0.39 is 0 Å². The highest BCUT2D eigenvalue weighted by Gasteiger charge is 2.24. The van der Waals surface area contributed by atoms with Crippen molar-refractivity contribution in [2.75, 3.05) is 6.54 Å². The van der Waals surface area contributed by atoms with E-state index in [0.717, 1.165) is 12.5 Å². The summed E-state index contributed by atoms with van der Waals surface area (Å²) in [6.07, 6.45) is 13.6. The highest BCUT2D eigenvalue weighted by atomic mass is 14.9. The van der Waals surface area contributed by atoms with Crippen LogP contribution in [0.4, 0.5) is 0 Å². The van der Waals surface area contributed by atoms with E-state index in [4.69, 9.17) is 0 Å². The number of pyridine rings is 1. The first-order chi connectivity index (χ1) is 9.33. The number of hydrogen-bond donors (Lipinski definition) is 1. The van der Waals surface area contributed by atoms with Gasteiger partial charge in [-0.3, -0.25) is 4.98 Å². The molecule has 0 spiro atoms. The van der Waals surface area contributed by atoms with Gasteiger partial charge in [-0.05, 0) is 55.8 Å². The van der Waals surface area contributed by atoms with Crippen molar-refractivity contribution in [1.82, 2.24) is 10.3 Å². The summed E-state index contributed by atoms with van der Waals surface area (Å²) in [6, 6.07) is 2.65. The van der Waals surface area contributed by atoms with Crippen molar-refractivity contribution in [3.63, 3.8) is 0 Å². The van der Waals surface area contributed by atoms with Crippen LogP contribution in [0.1, 0.15) is 69.0 Å². The molecule has 2 rings (SSSR count). The summed E-state index contributed by atoms with van der Waals surface area (Å²) in [5.74, 6) is 0.789. The fourth-order valence-electron chi connectivity index (χ4n) is 3.28. The number of aromatic nitrogens is 1. The number of nitrogens with zero attached hydrogens (tertiary/aromatic N) is 1. The van der Waals surface area contributed by atoms with Crippen LogP contribution >= 0.6 is 0 Å². The lowest BCUT2D eigenvalue weighted by Crippen LogP contribution is -2.29. The molecule has 0 saturated heterocycles. The maximum atomic E-state index is 4.35. The smallest absolute Gasteiger partial charge is 0.0366 e. The van der Waals surface area contributed by atoms with E-state index in [0.29, 0.717) is 6.04 Å². The van der Waals surface area contributed by atoms with Gasteiger partial charge in [0.25, 0.3) is 0 Å². The first-order valence-electron chi connectivity index (χ1n) is 7.96. The fraction of sp³-hybridized carbons (Fsp3) is 0.706. The van der Waals surface area contributed by atoms with Crippen LogP contribution in [-0.2, 0) is 0 Å². The topological polar surface area (TPSA) is 24.9 Å². The summed E-state index contributed by atoms with van der Waals surface area (Å²) in [4.78, 5) is 4.35. The molecule has 1 saturated carbocycles. The van der Waals surface area contributed by atoms with Crippen LogP contribution in [0.3, 0.4) is 0 Å². The van der Waals surface area contributed by atoms with Crippen LogP contribution in [0.2, 0.25) is 0 Å². The Labute approximate surface area is 118 Å². The molecule has 0 amide bonds. The highest BCUT2D eigenvalue weighted by Crippen LogP contribution is 2.34. The fourth-order valence-corrected chi connectivity index (χ4v) is 3.28. The van der Waals surface area contributed by atoms with Crippen molar-refractivity contribution >= 4 is 0 Å². The summed E-state index contributed by atoms with van der Waals surface area (Å²) in [6.45, 7) is 5.57. The third-order valence-corrected chi connectivity index (χ3v) is 4.40. The second-order valence-electron chi connectivity index (χ2n) is 5.92. The first kappa shape index (κ1) is 14.5. The van der Waals surface area contributed by atoms with E-state index >= 15 is 0 Å². The molecule has 1 N–H and O–H groups in total. The molecule has 1 aromatic rings. The predicted octanol–water partition coefficient (Wildman–Crippen LogP) is 4.40. The maximum absolute atomic E-state index is 4.35. The summed E-state index contributed by atoms with van der Waals surface area (Å²) in [5, 5.41) is 3.78. The number of rotatable bonds is 5. The molecule has 1 aromatic heterocycles. The quantitative estimate of drug-likeness (QED) is 0.794. The van der Waals surface area contributed by atoms with Crippen molar-refractivity contribution in [1.29, 1.82) is 0 Å². The van der Waals surface area contributed by atoms with Crippen molar-refractivity contribution in [3.8, 4) is 0 Å². The second-order valence-corrected chi connectivity index (χ2v) is 5.92. The van der Waals surface area contributed by atoms with Gasteiger partial charge in [0.1, 0.15) is 0 Å². The number of nitrogens with one attached hydrogen (secondary N) is 1. The normalized spacial score (nSPS) is 19.1. The van der Waals surface area contributed by atoms with E-state index in [2.05, 4.69) is 36.4 Å². The van der Waals surface area contributed by atoms with Crippen LogP contribution in [0.25, 0.3) is 0 Å². The third-order valence-electron chi connectivity index (χ3n) is 4.40. The molecule has 1 heterocycles. The Morgan fingerprint density at radius 2 is 2.00 bits per heavy atom. The Balaban J connectivity index is 2.16. The van der Waals surface area contributed by atoms with Crippen LogP contribution in [0, 0.1) is 12.8 Å². The maximum Gasteiger partial charge on any atom is 0.0366 e. The van der Waals surface area contributed by atoms with E-state index in [-0.39, 0.29) is 0 Å². The van der Waals surface area contributed by atoms with Gasteiger partial charge in [-0.1, -0.05) is 32.6 Å². The summed E-state index contributed by atoms with van der Waals surface area (Å²) < 4.78 is 0. The van der Waals surface area contributed by atoms with Crippen molar-refractivity contribution in [2.24, 2.45) is 5.92 Å². The predicted molar refractivity (Wildman–Crippen MR) is 81.2 cm³/mol. The van der Waals surface area contributed by atoms with Crippen LogP contribution < -0.4 is 5.32 Å². The summed E-state index contributed by atoms with van der Waals surface area (Å²) in [5.41, 5.74) is 2.80. The van der Waals surface area contributed by atoms with Gasteiger partial charge in [0.2, 0.25) is 0 Å². The highest BCUT2D eigenvalue weighted by molar-refractivity contribution is 5.25. The minimum absolute atomic E-state index is 0.506. The molecule has 106 valence electrons. The first-order valence-corrected chi connectivity index (χ1v) is 7.96. The number of aryl methyl sites for hydroxylation is 1. The van der Waals surface area contributed by atoms with Gasteiger partial charge in [-0.2, -0.15) is 0 Å². The molecular formula is C17H28N2. The third kappa shape index (κ3) is 4.04. The summed E-state index contributed by atoms with van der Waals surface area (Å²) in [7, 11) is 0. The molecule has 0 aromatic carbocycles. The summed E-state index contributed by atoms with van der Waals surface area (Å²) >= 11 is 0. The van der Waals surface area contributed by atoms with Crippen LogP contribution in [-0.4, -0.2) is 11.5 Å². The molecule has 1 aliphatic carbocycles. The van der Waals surface area contributed by atoms with Gasteiger partial charge in [-0.25, -0.2) is 0 Å². The molecule has 1 aliphatic rings. The van der Waals surface area contributed by atoms with Gasteiger partial charge in [-0.15, -0.1) is 0 Å². The van der Waals surface area contributed by atoms with Crippen molar-refractivity contribution in [3.05, 3.63) is 29.6 Å². The minimum Gasteiger partial charge on any atom is -0.310 e. The molecule has 19 heavy (non-hydrogen) atoms. The zero-order valence-corrected chi connectivity index (χ0v) is 12.5. The SMILES string of the molecule is CCCNC(c1cnccc1C)C1CCCCCC1. The largest absolute Gasteiger partial charge is 0.310 e. The van der Waals surface area contributed by atoms with Crippen LogP contribution in [0.15, 0.2) is 18.5 Å². The molecule has 2 heteroatoms. The molecule has 0 radical (unpaired) electrons. The Bertz CT molecular complexity index is 367. The Kier molecular flexibility index (Phi) is 5.84. The van der Waals surface area contributed by atoms with Crippen molar-refractivity contribution in [2.45, 2.75) is 64.8 Å².